The topological polar surface area (TPSA) is 76.0 Å². The summed E-state index contributed by atoms with van der Waals surface area (Å²) in [5.41, 5.74) is 3.03. The Morgan fingerprint density at radius 3 is 1.80 bits per heavy atom. The summed E-state index contributed by atoms with van der Waals surface area (Å²) in [6, 6.07) is 19.8. The lowest BCUT2D eigenvalue weighted by molar-refractivity contribution is -0.123. The van der Waals surface area contributed by atoms with E-state index in [1.165, 1.54) is 0 Å². The number of amides is 2. The molecule has 3 rings (SSSR count). The van der Waals surface area contributed by atoms with Crippen LogP contribution >= 0.6 is 0 Å². The summed E-state index contributed by atoms with van der Waals surface area (Å²) >= 11 is 0. The summed E-state index contributed by atoms with van der Waals surface area (Å²) < 4.78 is 1.63. The van der Waals surface area contributed by atoms with Gasteiger partial charge < -0.3 is 10.6 Å². The molecule has 0 aliphatic heterocycles. The van der Waals surface area contributed by atoms with Crippen molar-refractivity contribution in [3.8, 4) is 0 Å². The highest BCUT2D eigenvalue weighted by Crippen LogP contribution is 2.07. The summed E-state index contributed by atoms with van der Waals surface area (Å²) in [7, 11) is 1.79. The molecule has 0 fully saturated rings. The predicted molar refractivity (Wildman–Crippen MR) is 117 cm³/mol. The molecule has 1 aromatic heterocycles. The highest BCUT2D eigenvalue weighted by atomic mass is 16.2. The van der Waals surface area contributed by atoms with Gasteiger partial charge in [-0.05, 0) is 30.0 Å². The minimum absolute atomic E-state index is 0.0733. The first kappa shape index (κ1) is 21.0. The van der Waals surface area contributed by atoms with Crippen molar-refractivity contribution in [3.63, 3.8) is 0 Å². The quantitative estimate of drug-likeness (QED) is 0.328. The molecule has 6 heteroatoms. The third kappa shape index (κ3) is 6.44. The van der Waals surface area contributed by atoms with Crippen molar-refractivity contribution in [2.45, 2.75) is 12.8 Å². The molecule has 0 radical (unpaired) electrons. The van der Waals surface area contributed by atoms with Crippen molar-refractivity contribution >= 4 is 17.9 Å². The Labute approximate surface area is 176 Å². The Morgan fingerprint density at radius 1 is 0.867 bits per heavy atom. The number of aromatic nitrogens is 2. The molecule has 3 aromatic rings. The average molecular weight is 402 g/mol. The van der Waals surface area contributed by atoms with Crippen molar-refractivity contribution < 1.29 is 9.59 Å². The molecule has 2 aromatic carbocycles. The fourth-order valence-electron chi connectivity index (χ4n) is 3.04. The highest BCUT2D eigenvalue weighted by Gasteiger charge is 2.18. The van der Waals surface area contributed by atoms with Gasteiger partial charge in [-0.1, -0.05) is 60.7 Å². The van der Waals surface area contributed by atoms with E-state index < -0.39 is 11.8 Å². The first-order valence-electron chi connectivity index (χ1n) is 9.96. The van der Waals surface area contributed by atoms with Crippen LogP contribution in [-0.2, 0) is 29.5 Å². The molecule has 6 nitrogen and oxygen atoms in total. The van der Waals surface area contributed by atoms with Gasteiger partial charge in [0.1, 0.15) is 5.57 Å². The molecule has 30 heavy (non-hydrogen) atoms. The van der Waals surface area contributed by atoms with Gasteiger partial charge in [-0.25, -0.2) is 0 Å². The first-order valence-corrected chi connectivity index (χ1v) is 9.96. The Morgan fingerprint density at radius 2 is 1.37 bits per heavy atom. The van der Waals surface area contributed by atoms with Gasteiger partial charge in [0.2, 0.25) is 0 Å². The molecule has 0 bridgehead atoms. The van der Waals surface area contributed by atoms with Crippen LogP contribution < -0.4 is 10.6 Å². The lowest BCUT2D eigenvalue weighted by Gasteiger charge is -2.10. The Balaban J connectivity index is 1.62. The van der Waals surface area contributed by atoms with E-state index in [1.807, 2.05) is 60.7 Å². The molecule has 0 atom stereocenters. The number of nitrogens with one attached hydrogen (secondary N) is 2. The van der Waals surface area contributed by atoms with E-state index >= 15 is 0 Å². The summed E-state index contributed by atoms with van der Waals surface area (Å²) in [5, 5.41) is 9.80. The summed E-state index contributed by atoms with van der Waals surface area (Å²) in [6.45, 7) is 0.898. The highest BCUT2D eigenvalue weighted by molar-refractivity contribution is 6.21. The smallest absolute Gasteiger partial charge is 0.256 e. The van der Waals surface area contributed by atoms with E-state index in [1.54, 1.807) is 30.2 Å². The van der Waals surface area contributed by atoms with Crippen molar-refractivity contribution in [2.24, 2.45) is 7.05 Å². The number of carbonyl (C=O) groups is 2. The van der Waals surface area contributed by atoms with Gasteiger partial charge in [0.25, 0.3) is 11.8 Å². The van der Waals surface area contributed by atoms with Gasteiger partial charge in [-0.3, -0.25) is 14.3 Å². The standard InChI is InChI=1S/C24H26N4O2/c1-28-18-21(17-27-28)16-22(23(29)25-14-12-19-8-4-2-5-9-19)24(30)26-15-13-20-10-6-3-7-11-20/h2-11,16-18H,12-15H2,1H3,(H,25,29)(H,26,30). The van der Waals surface area contributed by atoms with Gasteiger partial charge in [-0.2, -0.15) is 5.10 Å². The second kappa shape index (κ2) is 10.8. The minimum atomic E-state index is -0.396. The van der Waals surface area contributed by atoms with E-state index in [-0.39, 0.29) is 5.57 Å². The number of nitrogens with zero attached hydrogens (tertiary/aromatic N) is 2. The van der Waals surface area contributed by atoms with Crippen LogP contribution in [0.5, 0.6) is 0 Å². The monoisotopic (exact) mass is 402 g/mol. The zero-order chi connectivity index (χ0) is 21.2. The van der Waals surface area contributed by atoms with Gasteiger partial charge in [0.15, 0.2) is 0 Å². The van der Waals surface area contributed by atoms with Crippen LogP contribution in [-0.4, -0.2) is 34.7 Å². The predicted octanol–water partition coefficient (Wildman–Crippen LogP) is 2.52. The van der Waals surface area contributed by atoms with Crippen molar-refractivity contribution in [3.05, 3.63) is 95.3 Å². The normalized spacial score (nSPS) is 10.3. The van der Waals surface area contributed by atoms with E-state index in [4.69, 9.17) is 0 Å². The first-order chi connectivity index (χ1) is 14.6. The van der Waals surface area contributed by atoms with E-state index in [2.05, 4.69) is 15.7 Å². The number of rotatable bonds is 9. The van der Waals surface area contributed by atoms with Gasteiger partial charge in [0, 0.05) is 31.9 Å². The van der Waals surface area contributed by atoms with Gasteiger partial charge >= 0.3 is 0 Å². The lowest BCUT2D eigenvalue weighted by atomic mass is 10.1. The molecule has 0 aliphatic carbocycles. The number of aryl methyl sites for hydroxylation is 1. The van der Waals surface area contributed by atoms with Crippen LogP contribution in [0, 0.1) is 0 Å². The zero-order valence-corrected chi connectivity index (χ0v) is 17.0. The number of carbonyl (C=O) groups excluding carboxylic acids is 2. The SMILES string of the molecule is Cn1cc(C=C(C(=O)NCCc2ccccc2)C(=O)NCCc2ccccc2)cn1. The second-order valence-corrected chi connectivity index (χ2v) is 6.99. The molecule has 1 heterocycles. The molecule has 154 valence electrons. The maximum absolute atomic E-state index is 12.8. The molecular weight excluding hydrogens is 376 g/mol. The average Bonchev–Trinajstić information content (AvgIpc) is 3.18. The summed E-state index contributed by atoms with van der Waals surface area (Å²) in [5.74, 6) is -0.793. The maximum atomic E-state index is 12.8. The Hall–Kier alpha value is -3.67. The second-order valence-electron chi connectivity index (χ2n) is 6.99. The van der Waals surface area contributed by atoms with Gasteiger partial charge in [-0.15, -0.1) is 0 Å². The molecule has 0 saturated heterocycles. The maximum Gasteiger partial charge on any atom is 0.256 e. The molecule has 0 aliphatic rings. The van der Waals surface area contributed by atoms with Crippen LogP contribution in [0.2, 0.25) is 0 Å². The van der Waals surface area contributed by atoms with E-state index in [0.717, 1.165) is 11.1 Å². The van der Waals surface area contributed by atoms with Crippen molar-refractivity contribution in [1.82, 2.24) is 20.4 Å². The minimum Gasteiger partial charge on any atom is -0.352 e. The molecule has 0 unspecified atom stereocenters. The summed E-state index contributed by atoms with van der Waals surface area (Å²) in [6.07, 6.45) is 6.34. The lowest BCUT2D eigenvalue weighted by Crippen LogP contribution is -2.36. The molecule has 0 saturated carbocycles. The molecule has 2 N–H and O–H groups in total. The largest absolute Gasteiger partial charge is 0.352 e. The van der Waals surface area contributed by atoms with Gasteiger partial charge in [0.05, 0.1) is 6.20 Å². The van der Waals surface area contributed by atoms with E-state index in [9.17, 15) is 9.59 Å². The van der Waals surface area contributed by atoms with Crippen LogP contribution in [0.15, 0.2) is 78.6 Å². The fraction of sp³-hybridized carbons (Fsp3) is 0.208. The summed E-state index contributed by atoms with van der Waals surface area (Å²) in [4.78, 5) is 25.5. The zero-order valence-electron chi connectivity index (χ0n) is 17.0. The Kier molecular flexibility index (Phi) is 7.55. The molecule has 2 amide bonds. The third-order valence-corrected chi connectivity index (χ3v) is 4.61. The number of benzene rings is 2. The number of hydrogen-bond donors (Lipinski definition) is 2. The third-order valence-electron chi connectivity index (χ3n) is 4.61. The van der Waals surface area contributed by atoms with Crippen LogP contribution in [0.3, 0.4) is 0 Å². The molecular formula is C24H26N4O2. The van der Waals surface area contributed by atoms with E-state index in [0.29, 0.717) is 31.5 Å². The van der Waals surface area contributed by atoms with Crippen LogP contribution in [0.4, 0.5) is 0 Å². The van der Waals surface area contributed by atoms with Crippen molar-refractivity contribution in [1.29, 1.82) is 0 Å². The molecule has 0 spiro atoms. The van der Waals surface area contributed by atoms with Crippen molar-refractivity contribution in [2.75, 3.05) is 13.1 Å². The number of hydrogen-bond acceptors (Lipinski definition) is 3. The van der Waals surface area contributed by atoms with Crippen LogP contribution in [0.1, 0.15) is 16.7 Å². The Bertz CT molecular complexity index is 935. The van der Waals surface area contributed by atoms with Crippen LogP contribution in [0.25, 0.3) is 6.08 Å². The fourth-order valence-corrected chi connectivity index (χ4v) is 3.04.